The van der Waals surface area contributed by atoms with E-state index in [4.69, 9.17) is 4.42 Å². The average molecular weight is 367 g/mol. The Morgan fingerprint density at radius 3 is 2.59 bits per heavy atom. The standard InChI is InChI=1S/C20H21N3O4/c1-14(24)23-11-8-15-5-2-3-6-16(15)17(23)13-19(25)21-9-10-22-20(26)18-7-4-12-27-18/h2-8,11-12,17H,9-10,13H2,1H3,(H,21,25)(H,22,26)/t17-/m0/s1. The third-order valence-electron chi connectivity index (χ3n) is 4.33. The van der Waals surface area contributed by atoms with Crippen molar-refractivity contribution in [1.82, 2.24) is 15.5 Å². The van der Waals surface area contributed by atoms with Gasteiger partial charge in [-0.05, 0) is 29.3 Å². The fraction of sp³-hybridized carbons (Fsp3) is 0.250. The molecule has 0 saturated heterocycles. The van der Waals surface area contributed by atoms with Gasteiger partial charge in [0.2, 0.25) is 11.8 Å². The predicted molar refractivity (Wildman–Crippen MR) is 99.4 cm³/mol. The van der Waals surface area contributed by atoms with Crippen LogP contribution in [0.1, 0.15) is 41.1 Å². The highest BCUT2D eigenvalue weighted by molar-refractivity contribution is 5.91. The molecule has 0 spiro atoms. The van der Waals surface area contributed by atoms with Crippen LogP contribution < -0.4 is 10.6 Å². The van der Waals surface area contributed by atoms with Gasteiger partial charge in [0, 0.05) is 26.2 Å². The molecule has 1 aromatic carbocycles. The summed E-state index contributed by atoms with van der Waals surface area (Å²) in [5.74, 6) is -0.416. The van der Waals surface area contributed by atoms with Crippen LogP contribution in [0.2, 0.25) is 0 Å². The van der Waals surface area contributed by atoms with E-state index < -0.39 is 0 Å². The zero-order valence-corrected chi connectivity index (χ0v) is 15.0. The maximum Gasteiger partial charge on any atom is 0.287 e. The Morgan fingerprint density at radius 2 is 1.85 bits per heavy atom. The summed E-state index contributed by atoms with van der Waals surface area (Å²) < 4.78 is 5.00. The van der Waals surface area contributed by atoms with Crippen LogP contribution >= 0.6 is 0 Å². The Bertz CT molecular complexity index is 858. The lowest BCUT2D eigenvalue weighted by Gasteiger charge is -2.32. The molecule has 140 valence electrons. The van der Waals surface area contributed by atoms with E-state index in [1.165, 1.54) is 13.2 Å². The van der Waals surface area contributed by atoms with Crippen LogP contribution in [0.5, 0.6) is 0 Å². The van der Waals surface area contributed by atoms with Crippen LogP contribution in [0.4, 0.5) is 0 Å². The maximum absolute atomic E-state index is 12.4. The quantitative estimate of drug-likeness (QED) is 0.765. The fourth-order valence-corrected chi connectivity index (χ4v) is 3.03. The first-order valence-electron chi connectivity index (χ1n) is 8.70. The van der Waals surface area contributed by atoms with E-state index in [9.17, 15) is 14.4 Å². The monoisotopic (exact) mass is 367 g/mol. The van der Waals surface area contributed by atoms with Crippen molar-refractivity contribution in [1.29, 1.82) is 0 Å². The molecule has 0 saturated carbocycles. The number of rotatable bonds is 6. The molecule has 0 bridgehead atoms. The number of fused-ring (bicyclic) bond motifs is 1. The van der Waals surface area contributed by atoms with Gasteiger partial charge in [0.1, 0.15) is 0 Å². The van der Waals surface area contributed by atoms with Gasteiger partial charge < -0.3 is 20.0 Å². The highest BCUT2D eigenvalue weighted by atomic mass is 16.3. The van der Waals surface area contributed by atoms with E-state index in [2.05, 4.69) is 10.6 Å². The van der Waals surface area contributed by atoms with Crippen LogP contribution in [0.3, 0.4) is 0 Å². The summed E-state index contributed by atoms with van der Waals surface area (Å²) in [6.07, 6.45) is 5.16. The van der Waals surface area contributed by atoms with Gasteiger partial charge >= 0.3 is 0 Å². The summed E-state index contributed by atoms with van der Waals surface area (Å²) in [5, 5.41) is 5.44. The topological polar surface area (TPSA) is 91.7 Å². The van der Waals surface area contributed by atoms with Crippen LogP contribution in [0.25, 0.3) is 6.08 Å². The van der Waals surface area contributed by atoms with Crippen LogP contribution in [-0.4, -0.2) is 35.7 Å². The van der Waals surface area contributed by atoms with E-state index in [1.54, 1.807) is 23.2 Å². The van der Waals surface area contributed by atoms with Crippen LogP contribution in [-0.2, 0) is 9.59 Å². The van der Waals surface area contributed by atoms with Gasteiger partial charge in [-0.3, -0.25) is 14.4 Å². The van der Waals surface area contributed by atoms with Crippen LogP contribution in [0, 0.1) is 0 Å². The second kappa shape index (κ2) is 8.35. The van der Waals surface area contributed by atoms with E-state index in [0.29, 0.717) is 0 Å². The number of carbonyl (C=O) groups excluding carboxylic acids is 3. The molecular weight excluding hydrogens is 346 g/mol. The molecule has 0 fully saturated rings. The molecule has 3 rings (SSSR count). The largest absolute Gasteiger partial charge is 0.459 e. The van der Waals surface area contributed by atoms with Crippen molar-refractivity contribution in [2.75, 3.05) is 13.1 Å². The van der Waals surface area contributed by atoms with E-state index in [1.807, 2.05) is 30.3 Å². The Kier molecular flexibility index (Phi) is 5.71. The minimum absolute atomic E-state index is 0.121. The molecule has 7 nitrogen and oxygen atoms in total. The smallest absolute Gasteiger partial charge is 0.287 e. The second-order valence-corrected chi connectivity index (χ2v) is 6.17. The zero-order valence-electron chi connectivity index (χ0n) is 15.0. The van der Waals surface area contributed by atoms with Gasteiger partial charge in [-0.2, -0.15) is 0 Å². The summed E-state index contributed by atoms with van der Waals surface area (Å²) in [6.45, 7) is 2.05. The molecule has 2 heterocycles. The number of nitrogens with zero attached hydrogens (tertiary/aromatic N) is 1. The number of hydrogen-bond acceptors (Lipinski definition) is 4. The number of furan rings is 1. The highest BCUT2D eigenvalue weighted by Gasteiger charge is 2.27. The summed E-state index contributed by atoms with van der Waals surface area (Å²) in [7, 11) is 0. The molecule has 0 radical (unpaired) electrons. The minimum Gasteiger partial charge on any atom is -0.459 e. The first-order chi connectivity index (χ1) is 13.1. The fourth-order valence-electron chi connectivity index (χ4n) is 3.03. The lowest BCUT2D eigenvalue weighted by atomic mass is 9.93. The van der Waals surface area contributed by atoms with Gasteiger partial charge in [0.05, 0.1) is 18.7 Å². The summed E-state index contributed by atoms with van der Waals surface area (Å²) in [5.41, 5.74) is 1.94. The third-order valence-corrected chi connectivity index (χ3v) is 4.33. The maximum atomic E-state index is 12.4. The summed E-state index contributed by atoms with van der Waals surface area (Å²) in [6, 6.07) is 10.6. The normalized spacial score (nSPS) is 15.1. The van der Waals surface area contributed by atoms with Crippen LogP contribution in [0.15, 0.2) is 53.3 Å². The van der Waals surface area contributed by atoms with Crippen molar-refractivity contribution >= 4 is 23.8 Å². The Labute approximate surface area is 157 Å². The molecule has 2 N–H and O–H groups in total. The van der Waals surface area contributed by atoms with E-state index in [-0.39, 0.29) is 49.0 Å². The summed E-state index contributed by atoms with van der Waals surface area (Å²) in [4.78, 5) is 37.6. The van der Waals surface area contributed by atoms with Crippen molar-refractivity contribution in [2.24, 2.45) is 0 Å². The molecule has 1 aliphatic rings. The molecule has 0 unspecified atom stereocenters. The Hall–Kier alpha value is -3.35. The molecular formula is C20H21N3O4. The molecule has 0 aliphatic carbocycles. The lowest BCUT2D eigenvalue weighted by molar-refractivity contribution is -0.129. The first-order valence-corrected chi connectivity index (χ1v) is 8.70. The van der Waals surface area contributed by atoms with Crippen molar-refractivity contribution in [3.05, 3.63) is 65.7 Å². The van der Waals surface area contributed by atoms with E-state index >= 15 is 0 Å². The third kappa shape index (κ3) is 4.44. The second-order valence-electron chi connectivity index (χ2n) is 6.17. The number of nitrogens with one attached hydrogen (secondary N) is 2. The van der Waals surface area contributed by atoms with E-state index in [0.717, 1.165) is 11.1 Å². The Balaban J connectivity index is 1.53. The zero-order chi connectivity index (χ0) is 19.2. The van der Waals surface area contributed by atoms with Gasteiger partial charge in [0.25, 0.3) is 5.91 Å². The SMILES string of the molecule is CC(=O)N1C=Cc2ccccc2[C@@H]1CC(=O)NCCNC(=O)c1ccco1. The molecule has 2 aromatic rings. The first kappa shape index (κ1) is 18.4. The van der Waals surface area contributed by atoms with Crippen molar-refractivity contribution in [3.8, 4) is 0 Å². The molecule has 3 amide bonds. The highest BCUT2D eigenvalue weighted by Crippen LogP contribution is 2.32. The van der Waals surface area contributed by atoms with Gasteiger partial charge in [0.15, 0.2) is 5.76 Å². The summed E-state index contributed by atoms with van der Waals surface area (Å²) >= 11 is 0. The molecule has 1 aliphatic heterocycles. The van der Waals surface area contributed by atoms with Crippen molar-refractivity contribution in [3.63, 3.8) is 0 Å². The average Bonchev–Trinajstić information content (AvgIpc) is 3.20. The van der Waals surface area contributed by atoms with Gasteiger partial charge in [-0.15, -0.1) is 0 Å². The number of hydrogen-bond donors (Lipinski definition) is 2. The molecule has 1 atom stereocenters. The number of carbonyl (C=O) groups is 3. The van der Waals surface area contributed by atoms with Gasteiger partial charge in [-0.25, -0.2) is 0 Å². The minimum atomic E-state index is -0.346. The van der Waals surface area contributed by atoms with Crippen molar-refractivity contribution < 1.29 is 18.8 Å². The molecule has 1 aromatic heterocycles. The number of amides is 3. The lowest BCUT2D eigenvalue weighted by Crippen LogP contribution is -2.38. The van der Waals surface area contributed by atoms with Crippen molar-refractivity contribution in [2.45, 2.75) is 19.4 Å². The van der Waals surface area contributed by atoms with Gasteiger partial charge in [-0.1, -0.05) is 24.3 Å². The Morgan fingerprint density at radius 1 is 1.07 bits per heavy atom. The predicted octanol–water partition coefficient (Wildman–Crippen LogP) is 2.09. The molecule has 27 heavy (non-hydrogen) atoms. The molecule has 7 heteroatoms. The number of benzene rings is 1.